The number of anilines is 1. The number of nitrogens with zero attached hydrogens (tertiary/aromatic N) is 5. The van der Waals surface area contributed by atoms with Crippen LogP contribution < -0.4 is 20.4 Å². The molecular formula is C13H16N6O12P3S-3. The maximum absolute atomic E-state index is 12.0. The van der Waals surface area contributed by atoms with Crippen molar-refractivity contribution < 1.29 is 56.4 Å². The minimum atomic E-state index is -5.60. The Kier molecular flexibility index (Phi) is 8.75. The third kappa shape index (κ3) is 7.07. The van der Waals surface area contributed by atoms with Crippen molar-refractivity contribution in [2.75, 3.05) is 18.9 Å². The molecule has 35 heavy (non-hydrogen) atoms. The highest BCUT2D eigenvalue weighted by atomic mass is 32.5. The largest absolute Gasteiger partial charge is 0.779 e. The van der Waals surface area contributed by atoms with Gasteiger partial charge in [0.05, 0.1) is 32.0 Å². The molecule has 7 unspecified atom stereocenters. The van der Waals surface area contributed by atoms with Crippen LogP contribution in [0.15, 0.2) is 12.7 Å². The van der Waals surface area contributed by atoms with Gasteiger partial charge in [0.2, 0.25) is 0 Å². The van der Waals surface area contributed by atoms with Crippen molar-refractivity contribution in [1.82, 2.24) is 19.5 Å². The van der Waals surface area contributed by atoms with E-state index >= 15 is 0 Å². The van der Waals surface area contributed by atoms with Gasteiger partial charge in [0.1, 0.15) is 36.9 Å². The van der Waals surface area contributed by atoms with E-state index < -0.39 is 60.1 Å². The number of rotatable bonds is 11. The number of fused-ring (bicyclic) bond motifs is 1. The predicted molar refractivity (Wildman–Crippen MR) is 109 cm³/mol. The first kappa shape index (κ1) is 28.1. The number of ether oxygens (including phenoxy) is 1. The molecular weight excluding hydrogens is 557 g/mol. The number of nitrogen functional groups attached to an aromatic ring is 1. The Morgan fingerprint density at radius 2 is 1.83 bits per heavy atom. The molecule has 3 rings (SSSR count). The molecule has 1 aliphatic rings. The lowest BCUT2D eigenvalue weighted by Crippen LogP contribution is -2.34. The Morgan fingerprint density at radius 3 is 2.49 bits per heavy atom. The van der Waals surface area contributed by atoms with E-state index in [4.69, 9.17) is 15.7 Å². The van der Waals surface area contributed by atoms with Gasteiger partial charge in [0.25, 0.3) is 15.6 Å². The minimum Gasteiger partial charge on any atom is -0.779 e. The highest BCUT2D eigenvalue weighted by molar-refractivity contribution is 8.09. The first-order valence-electron chi connectivity index (χ1n) is 9.22. The van der Waals surface area contributed by atoms with Crippen LogP contribution in [0.3, 0.4) is 0 Å². The molecule has 0 saturated carbocycles. The lowest BCUT2D eigenvalue weighted by Gasteiger charge is -2.37. The SMILES string of the molecule is N#CCCOP(=O)([O-])OP([O-])(=S)OP(=O)([O-])OCC1OC(n2cnc3c(N)ncnc32)C(O)C1O. The lowest BCUT2D eigenvalue weighted by molar-refractivity contribution is -0.243. The normalized spacial score (nSPS) is 27.7. The van der Waals surface area contributed by atoms with Crippen LogP contribution in [0.1, 0.15) is 12.6 Å². The van der Waals surface area contributed by atoms with Gasteiger partial charge in [-0.2, -0.15) is 5.26 Å². The average molecular weight is 573 g/mol. The van der Waals surface area contributed by atoms with Crippen LogP contribution in [0.4, 0.5) is 5.82 Å². The summed E-state index contributed by atoms with van der Waals surface area (Å²) in [6.07, 6.45) is -4.09. The molecule has 18 nitrogen and oxygen atoms in total. The molecule has 1 fully saturated rings. The van der Waals surface area contributed by atoms with E-state index in [0.29, 0.717) is 0 Å². The fourth-order valence-corrected chi connectivity index (χ4v) is 7.67. The van der Waals surface area contributed by atoms with E-state index in [1.165, 1.54) is 10.9 Å². The van der Waals surface area contributed by atoms with Crippen molar-refractivity contribution in [2.24, 2.45) is 0 Å². The number of aromatic nitrogens is 4. The van der Waals surface area contributed by atoms with Gasteiger partial charge in [-0.1, -0.05) is 11.8 Å². The monoisotopic (exact) mass is 573 g/mol. The number of phosphoric acid groups is 2. The van der Waals surface area contributed by atoms with Gasteiger partial charge in [-0.25, -0.2) is 15.0 Å². The molecule has 3 heterocycles. The Hall–Kier alpha value is -1.45. The zero-order valence-corrected chi connectivity index (χ0v) is 20.6. The summed E-state index contributed by atoms with van der Waals surface area (Å²) in [5, 5.41) is 28.9. The van der Waals surface area contributed by atoms with Gasteiger partial charge in [0, 0.05) is 0 Å². The Morgan fingerprint density at radius 1 is 1.17 bits per heavy atom. The molecule has 194 valence electrons. The van der Waals surface area contributed by atoms with Gasteiger partial charge in [-0.3, -0.25) is 22.3 Å². The molecule has 0 aliphatic carbocycles. The van der Waals surface area contributed by atoms with Crippen LogP contribution in [-0.4, -0.2) is 61.3 Å². The smallest absolute Gasteiger partial charge is 0.272 e. The molecule has 2 aromatic rings. The predicted octanol–water partition coefficient (Wildman–Crippen LogP) is -2.47. The number of nitrogens with two attached hydrogens (primary N) is 1. The van der Waals surface area contributed by atoms with Crippen molar-refractivity contribution in [1.29, 1.82) is 5.26 Å². The summed E-state index contributed by atoms with van der Waals surface area (Å²) >= 11 is 4.23. The summed E-state index contributed by atoms with van der Waals surface area (Å²) in [4.78, 5) is 47.3. The van der Waals surface area contributed by atoms with Gasteiger partial charge >= 0.3 is 0 Å². The van der Waals surface area contributed by atoms with E-state index in [9.17, 15) is 34.0 Å². The fraction of sp³-hybridized carbons (Fsp3) is 0.538. The number of hydrogen-bond donors (Lipinski definition) is 3. The first-order chi connectivity index (χ1) is 16.3. The second kappa shape index (κ2) is 10.9. The molecule has 7 atom stereocenters. The molecule has 1 saturated heterocycles. The van der Waals surface area contributed by atoms with E-state index in [2.05, 4.69) is 44.4 Å². The number of nitriles is 1. The van der Waals surface area contributed by atoms with Gasteiger partial charge in [0.15, 0.2) is 17.7 Å². The maximum atomic E-state index is 12.0. The van der Waals surface area contributed by atoms with E-state index in [-0.39, 0.29) is 23.4 Å². The molecule has 0 radical (unpaired) electrons. The number of imidazole rings is 1. The Bertz CT molecular complexity index is 1260. The number of aliphatic hydroxyl groups is 2. The Balaban J connectivity index is 1.62. The standard InChI is InChI=1S/C13H19N6O12P3S/c14-2-1-3-27-32(22,23)30-34(26,35)31-33(24,25)28-4-7-9(20)10(21)13(29-7)19-6-18-8-11(15)16-5-17-12(8)19/h5-7,9-10,13,20-21H,1,3-4H2,(H,22,23)(H,24,25)(H,26,35)(H2,15,16,17)/p-3. The minimum absolute atomic E-state index is 0.0414. The highest BCUT2D eigenvalue weighted by Crippen LogP contribution is 2.63. The van der Waals surface area contributed by atoms with Gasteiger partial charge in [-0.15, -0.1) is 0 Å². The van der Waals surface area contributed by atoms with Gasteiger partial charge < -0.3 is 44.4 Å². The van der Waals surface area contributed by atoms with Crippen LogP contribution in [-0.2, 0) is 43.3 Å². The zero-order chi connectivity index (χ0) is 26.0. The quantitative estimate of drug-likeness (QED) is 0.185. The number of hydrogen-bond acceptors (Lipinski definition) is 18. The van der Waals surface area contributed by atoms with Crippen LogP contribution in [0.5, 0.6) is 0 Å². The molecule has 0 aromatic carbocycles. The second-order valence-electron chi connectivity index (χ2n) is 6.67. The van der Waals surface area contributed by atoms with Crippen molar-refractivity contribution >= 4 is 51.2 Å². The lowest BCUT2D eigenvalue weighted by atomic mass is 10.1. The van der Waals surface area contributed by atoms with Crippen molar-refractivity contribution in [3.05, 3.63) is 12.7 Å². The van der Waals surface area contributed by atoms with Crippen molar-refractivity contribution in [2.45, 2.75) is 31.0 Å². The third-order valence-corrected chi connectivity index (χ3v) is 9.62. The summed E-state index contributed by atoms with van der Waals surface area (Å²) in [7, 11) is -11.0. The molecule has 0 spiro atoms. The second-order valence-corrected chi connectivity index (χ2v) is 12.5. The molecule has 4 N–H and O–H groups in total. The van der Waals surface area contributed by atoms with Crippen LogP contribution >= 0.6 is 22.4 Å². The summed E-state index contributed by atoms with van der Waals surface area (Å²) < 4.78 is 46.8. The van der Waals surface area contributed by atoms with Crippen LogP contribution in [0.25, 0.3) is 11.2 Å². The van der Waals surface area contributed by atoms with Gasteiger partial charge in [-0.05, 0) is 0 Å². The molecule has 0 amide bonds. The van der Waals surface area contributed by atoms with Crippen molar-refractivity contribution in [3.8, 4) is 6.07 Å². The van der Waals surface area contributed by atoms with Crippen LogP contribution in [0.2, 0.25) is 0 Å². The highest BCUT2D eigenvalue weighted by Gasteiger charge is 2.45. The third-order valence-electron chi connectivity index (χ3n) is 4.26. The van der Waals surface area contributed by atoms with E-state index in [1.807, 2.05) is 0 Å². The Labute approximate surface area is 201 Å². The van der Waals surface area contributed by atoms with Crippen LogP contribution in [0, 0.1) is 11.3 Å². The zero-order valence-electron chi connectivity index (χ0n) is 17.1. The average Bonchev–Trinajstić information content (AvgIpc) is 3.27. The maximum Gasteiger partial charge on any atom is 0.272 e. The summed E-state index contributed by atoms with van der Waals surface area (Å²) in [6, 6.07) is 1.57. The molecule has 2 aromatic heterocycles. The first-order valence-corrected chi connectivity index (χ1v) is 14.7. The summed E-state index contributed by atoms with van der Waals surface area (Å²) in [6.45, 7) is -6.88. The van der Waals surface area contributed by atoms with E-state index in [1.54, 1.807) is 6.07 Å². The molecule has 1 aliphatic heterocycles. The topological polar surface area (TPSA) is 283 Å². The molecule has 22 heteroatoms. The van der Waals surface area contributed by atoms with E-state index in [0.717, 1.165) is 6.33 Å². The molecule has 0 bridgehead atoms. The summed E-state index contributed by atoms with van der Waals surface area (Å²) in [5.74, 6) is 0.0414. The number of phosphoric ester groups is 2. The summed E-state index contributed by atoms with van der Waals surface area (Å²) in [5.41, 5.74) is 6.03. The van der Waals surface area contributed by atoms with Crippen molar-refractivity contribution in [3.63, 3.8) is 0 Å². The fourth-order valence-electron chi connectivity index (χ4n) is 2.83. The number of aliphatic hydroxyl groups excluding tert-OH is 2.